The summed E-state index contributed by atoms with van der Waals surface area (Å²) in [7, 11) is 0. The van der Waals surface area contributed by atoms with Gasteiger partial charge in [0.25, 0.3) is 0 Å². The smallest absolute Gasteiger partial charge is 0.199 e. The lowest BCUT2D eigenvalue weighted by Crippen LogP contribution is -2.36. The molecular weight excluding hydrogens is 374 g/mol. The fourth-order valence-corrected chi connectivity index (χ4v) is 3.75. The van der Waals surface area contributed by atoms with E-state index in [1.165, 1.54) is 0 Å². The molecule has 1 aliphatic carbocycles. The molecule has 0 saturated carbocycles. The Bertz CT molecular complexity index is 1110. The molecule has 0 spiro atoms. The molecule has 0 fully saturated rings. The second-order valence-electron chi connectivity index (χ2n) is 7.43. The highest BCUT2D eigenvalue weighted by Crippen LogP contribution is 2.46. The standard InChI is InChI=1S/C23H20ClNO3/c1-13(2)14(3)12-23(27)18-7-5-4-6-17(18)20(26)19-21(28-25-22(19)23)15-8-10-16(24)11-9-15/h4-11,27H,12H2,1-3H3. The van der Waals surface area contributed by atoms with Crippen molar-refractivity contribution in [1.82, 2.24) is 5.16 Å². The number of halogens is 1. The summed E-state index contributed by atoms with van der Waals surface area (Å²) in [4.78, 5) is 13.3. The Morgan fingerprint density at radius 1 is 1.11 bits per heavy atom. The first-order valence-corrected chi connectivity index (χ1v) is 9.46. The van der Waals surface area contributed by atoms with Crippen molar-refractivity contribution >= 4 is 17.4 Å². The second-order valence-corrected chi connectivity index (χ2v) is 7.87. The first kappa shape index (κ1) is 18.7. The highest BCUT2D eigenvalue weighted by Gasteiger charge is 2.47. The van der Waals surface area contributed by atoms with Crippen LogP contribution in [-0.2, 0) is 5.60 Å². The summed E-state index contributed by atoms with van der Waals surface area (Å²) in [6.45, 7) is 5.98. The van der Waals surface area contributed by atoms with E-state index in [-0.39, 0.29) is 11.5 Å². The Morgan fingerprint density at radius 3 is 2.46 bits per heavy atom. The zero-order valence-electron chi connectivity index (χ0n) is 15.9. The van der Waals surface area contributed by atoms with E-state index >= 15 is 0 Å². The van der Waals surface area contributed by atoms with E-state index in [0.29, 0.717) is 39.5 Å². The Hall–Kier alpha value is -2.69. The van der Waals surface area contributed by atoms with Gasteiger partial charge < -0.3 is 9.63 Å². The van der Waals surface area contributed by atoms with Crippen molar-refractivity contribution in [3.05, 3.63) is 87.1 Å². The Balaban J connectivity index is 1.97. The van der Waals surface area contributed by atoms with Crippen LogP contribution < -0.4 is 0 Å². The maximum absolute atomic E-state index is 13.3. The summed E-state index contributed by atoms with van der Waals surface area (Å²) >= 11 is 5.99. The van der Waals surface area contributed by atoms with Gasteiger partial charge in [0.15, 0.2) is 11.5 Å². The van der Waals surface area contributed by atoms with Crippen molar-refractivity contribution in [2.24, 2.45) is 0 Å². The van der Waals surface area contributed by atoms with Gasteiger partial charge in [-0.2, -0.15) is 0 Å². The van der Waals surface area contributed by atoms with Gasteiger partial charge in [0.2, 0.25) is 0 Å². The van der Waals surface area contributed by atoms with Gasteiger partial charge in [-0.15, -0.1) is 0 Å². The van der Waals surface area contributed by atoms with Crippen LogP contribution in [0.2, 0.25) is 5.02 Å². The zero-order valence-corrected chi connectivity index (χ0v) is 16.7. The molecular formula is C23H20ClNO3. The average Bonchev–Trinajstić information content (AvgIpc) is 3.13. The minimum atomic E-state index is -1.44. The van der Waals surface area contributed by atoms with Crippen molar-refractivity contribution in [2.75, 3.05) is 0 Å². The van der Waals surface area contributed by atoms with Crippen LogP contribution in [-0.4, -0.2) is 16.0 Å². The summed E-state index contributed by atoms with van der Waals surface area (Å²) in [5.74, 6) is 0.149. The Kier molecular flexibility index (Phi) is 4.48. The highest BCUT2D eigenvalue weighted by molar-refractivity contribution is 6.30. The molecule has 1 N–H and O–H groups in total. The van der Waals surface area contributed by atoms with E-state index < -0.39 is 5.60 Å². The average molecular weight is 394 g/mol. The molecule has 4 nitrogen and oxygen atoms in total. The number of carbonyl (C=O) groups is 1. The van der Waals surface area contributed by atoms with Crippen molar-refractivity contribution in [2.45, 2.75) is 32.8 Å². The van der Waals surface area contributed by atoms with Crippen LogP contribution in [0.15, 0.2) is 64.2 Å². The van der Waals surface area contributed by atoms with Crippen LogP contribution in [0.25, 0.3) is 11.3 Å². The third-order valence-electron chi connectivity index (χ3n) is 5.41. The molecule has 0 bridgehead atoms. The van der Waals surface area contributed by atoms with Crippen molar-refractivity contribution < 1.29 is 14.4 Å². The first-order chi connectivity index (χ1) is 13.3. The maximum atomic E-state index is 13.3. The summed E-state index contributed by atoms with van der Waals surface area (Å²) in [5.41, 5.74) is 3.01. The highest BCUT2D eigenvalue weighted by atomic mass is 35.5. The van der Waals surface area contributed by atoms with Crippen LogP contribution in [0.5, 0.6) is 0 Å². The van der Waals surface area contributed by atoms with Gasteiger partial charge in [-0.3, -0.25) is 4.79 Å². The van der Waals surface area contributed by atoms with E-state index in [4.69, 9.17) is 16.1 Å². The number of nitrogens with zero attached hydrogens (tertiary/aromatic N) is 1. The number of rotatable bonds is 3. The molecule has 2 aromatic carbocycles. The fourth-order valence-electron chi connectivity index (χ4n) is 3.62. The fraction of sp³-hybridized carbons (Fsp3) is 0.217. The number of ketones is 1. The number of fused-ring (bicyclic) bond motifs is 2. The Labute approximate surface area is 168 Å². The molecule has 0 saturated heterocycles. The molecule has 1 unspecified atom stereocenters. The van der Waals surface area contributed by atoms with Gasteiger partial charge in [-0.05, 0) is 45.0 Å². The number of hydrogen-bond acceptors (Lipinski definition) is 4. The molecule has 4 rings (SSSR count). The first-order valence-electron chi connectivity index (χ1n) is 9.08. The summed E-state index contributed by atoms with van der Waals surface area (Å²) in [6, 6.07) is 14.1. The number of aliphatic hydroxyl groups is 1. The quantitative estimate of drug-likeness (QED) is 0.595. The molecule has 0 aliphatic heterocycles. The molecule has 142 valence electrons. The molecule has 0 radical (unpaired) electrons. The number of aromatic nitrogens is 1. The van der Waals surface area contributed by atoms with E-state index in [1.807, 2.05) is 26.8 Å². The minimum Gasteiger partial charge on any atom is -0.378 e. The third-order valence-corrected chi connectivity index (χ3v) is 5.66. The number of hydrogen-bond donors (Lipinski definition) is 1. The molecule has 1 heterocycles. The monoisotopic (exact) mass is 393 g/mol. The predicted molar refractivity (Wildman–Crippen MR) is 108 cm³/mol. The van der Waals surface area contributed by atoms with Crippen molar-refractivity contribution in [3.8, 4) is 11.3 Å². The van der Waals surface area contributed by atoms with Crippen LogP contribution >= 0.6 is 11.6 Å². The molecule has 5 heteroatoms. The second kappa shape index (κ2) is 6.73. The normalized spacial score (nSPS) is 17.8. The number of carbonyl (C=O) groups excluding carboxylic acids is 1. The van der Waals surface area contributed by atoms with Gasteiger partial charge >= 0.3 is 0 Å². The lowest BCUT2D eigenvalue weighted by atomic mass is 9.73. The van der Waals surface area contributed by atoms with E-state index in [2.05, 4.69) is 5.16 Å². The van der Waals surface area contributed by atoms with E-state index in [9.17, 15) is 9.90 Å². The molecule has 0 amide bonds. The number of benzene rings is 2. The zero-order chi connectivity index (χ0) is 20.1. The maximum Gasteiger partial charge on any atom is 0.199 e. The Morgan fingerprint density at radius 2 is 1.79 bits per heavy atom. The van der Waals surface area contributed by atoms with Crippen LogP contribution in [0.1, 0.15) is 54.4 Å². The molecule has 28 heavy (non-hydrogen) atoms. The summed E-state index contributed by atoms with van der Waals surface area (Å²) < 4.78 is 5.59. The lowest BCUT2D eigenvalue weighted by molar-refractivity contribution is 0.0655. The number of allylic oxidation sites excluding steroid dienone is 1. The predicted octanol–water partition coefficient (Wildman–Crippen LogP) is 5.52. The van der Waals surface area contributed by atoms with Gasteiger partial charge in [-0.1, -0.05) is 52.2 Å². The van der Waals surface area contributed by atoms with Gasteiger partial charge in [-0.25, -0.2) is 0 Å². The van der Waals surface area contributed by atoms with Crippen LogP contribution in [0.3, 0.4) is 0 Å². The van der Waals surface area contributed by atoms with Crippen LogP contribution in [0, 0.1) is 0 Å². The molecule has 3 aromatic rings. The summed E-state index contributed by atoms with van der Waals surface area (Å²) in [6.07, 6.45) is 0.333. The van der Waals surface area contributed by atoms with E-state index in [0.717, 1.165) is 11.1 Å². The third kappa shape index (κ3) is 2.81. The lowest BCUT2D eigenvalue weighted by Gasteiger charge is -2.33. The summed E-state index contributed by atoms with van der Waals surface area (Å²) in [5, 5.41) is 16.5. The van der Waals surface area contributed by atoms with Crippen molar-refractivity contribution in [3.63, 3.8) is 0 Å². The van der Waals surface area contributed by atoms with Crippen molar-refractivity contribution in [1.29, 1.82) is 0 Å². The SMILES string of the molecule is CC(C)=C(C)CC1(O)c2ccccc2C(=O)c2c1noc2-c1ccc(Cl)cc1. The van der Waals surface area contributed by atoms with Gasteiger partial charge in [0.05, 0.1) is 5.56 Å². The minimum absolute atomic E-state index is 0.198. The molecule has 1 atom stereocenters. The topological polar surface area (TPSA) is 63.3 Å². The van der Waals surface area contributed by atoms with Gasteiger partial charge in [0, 0.05) is 28.1 Å². The molecule has 1 aromatic heterocycles. The van der Waals surface area contributed by atoms with E-state index in [1.54, 1.807) is 42.5 Å². The molecule has 1 aliphatic rings. The van der Waals surface area contributed by atoms with Crippen LogP contribution in [0.4, 0.5) is 0 Å². The van der Waals surface area contributed by atoms with Gasteiger partial charge in [0.1, 0.15) is 11.3 Å². The largest absolute Gasteiger partial charge is 0.378 e.